The Balaban J connectivity index is 1.80. The molecule has 1 saturated heterocycles. The molecular weight excluding hydrogens is 246 g/mol. The van der Waals surface area contributed by atoms with E-state index in [9.17, 15) is 5.11 Å². The lowest BCUT2D eigenvalue weighted by atomic mass is 10.1. The summed E-state index contributed by atoms with van der Waals surface area (Å²) in [6.07, 6.45) is 7.84. The van der Waals surface area contributed by atoms with Crippen LogP contribution in [-0.2, 0) is 0 Å². The van der Waals surface area contributed by atoms with Gasteiger partial charge >= 0.3 is 0 Å². The van der Waals surface area contributed by atoms with Crippen molar-refractivity contribution >= 4 is 11.8 Å². The molecule has 18 heavy (non-hydrogen) atoms. The fraction of sp³-hybridized carbons (Fsp3) is 0.714. The van der Waals surface area contributed by atoms with E-state index in [1.165, 1.54) is 31.6 Å². The molecule has 0 bridgehead atoms. The van der Waals surface area contributed by atoms with Gasteiger partial charge in [-0.3, -0.25) is 0 Å². The fourth-order valence-corrected chi connectivity index (χ4v) is 3.14. The predicted octanol–water partition coefficient (Wildman–Crippen LogP) is 2.92. The van der Waals surface area contributed by atoms with Crippen molar-refractivity contribution in [2.24, 2.45) is 0 Å². The third kappa shape index (κ3) is 3.77. The first-order chi connectivity index (χ1) is 8.81. The Labute approximate surface area is 114 Å². The molecule has 2 atom stereocenters. The minimum atomic E-state index is -0.453. The molecule has 102 valence electrons. The van der Waals surface area contributed by atoms with Crippen molar-refractivity contribution in [2.75, 3.05) is 25.1 Å². The second-order valence-electron chi connectivity index (χ2n) is 4.95. The van der Waals surface area contributed by atoms with E-state index in [0.717, 1.165) is 13.0 Å². The van der Waals surface area contributed by atoms with Gasteiger partial charge in [0.25, 0.3) is 0 Å². The van der Waals surface area contributed by atoms with Crippen LogP contribution in [0.3, 0.4) is 0 Å². The Morgan fingerprint density at radius 2 is 2.50 bits per heavy atom. The molecule has 0 saturated carbocycles. The minimum absolute atomic E-state index is 0.453. The highest BCUT2D eigenvalue weighted by Gasteiger charge is 2.27. The molecule has 1 aromatic rings. The van der Waals surface area contributed by atoms with Gasteiger partial charge in [0.1, 0.15) is 11.9 Å². The summed E-state index contributed by atoms with van der Waals surface area (Å²) in [5.41, 5.74) is 0. The van der Waals surface area contributed by atoms with E-state index in [1.54, 1.807) is 6.26 Å². The Morgan fingerprint density at radius 3 is 3.22 bits per heavy atom. The van der Waals surface area contributed by atoms with Gasteiger partial charge in [-0.25, -0.2) is 0 Å². The maximum absolute atomic E-state index is 10.1. The first kappa shape index (κ1) is 14.0. The Kier molecular flexibility index (Phi) is 5.60. The summed E-state index contributed by atoms with van der Waals surface area (Å²) in [4.78, 5) is 2.53. The Morgan fingerprint density at radius 1 is 1.61 bits per heavy atom. The van der Waals surface area contributed by atoms with E-state index >= 15 is 0 Å². The standard InChI is InChI=1S/C14H23NO2S/c1-18-10-4-8-15-7-2-5-12(15)11-13(16)14-6-3-9-17-14/h3,6,9,12-13,16H,2,4-5,7-8,10-11H2,1H3. The van der Waals surface area contributed by atoms with Crippen LogP contribution in [0.25, 0.3) is 0 Å². The lowest BCUT2D eigenvalue weighted by Crippen LogP contribution is -2.32. The summed E-state index contributed by atoms with van der Waals surface area (Å²) in [5, 5.41) is 10.1. The van der Waals surface area contributed by atoms with Gasteiger partial charge in [0.15, 0.2) is 0 Å². The van der Waals surface area contributed by atoms with Gasteiger partial charge in [0.2, 0.25) is 0 Å². The van der Waals surface area contributed by atoms with Crippen LogP contribution in [0.5, 0.6) is 0 Å². The molecule has 1 N–H and O–H groups in total. The van der Waals surface area contributed by atoms with Gasteiger partial charge in [-0.15, -0.1) is 0 Å². The van der Waals surface area contributed by atoms with E-state index in [4.69, 9.17) is 4.42 Å². The van der Waals surface area contributed by atoms with E-state index in [0.29, 0.717) is 11.8 Å². The van der Waals surface area contributed by atoms with E-state index in [1.807, 2.05) is 23.9 Å². The van der Waals surface area contributed by atoms with Gasteiger partial charge in [-0.2, -0.15) is 11.8 Å². The van der Waals surface area contributed by atoms with Crippen LogP contribution in [0.4, 0.5) is 0 Å². The summed E-state index contributed by atoms with van der Waals surface area (Å²) in [6, 6.07) is 4.22. The molecule has 1 aliphatic rings. The zero-order valence-electron chi connectivity index (χ0n) is 11.0. The van der Waals surface area contributed by atoms with Crippen molar-refractivity contribution in [2.45, 2.75) is 37.8 Å². The smallest absolute Gasteiger partial charge is 0.132 e. The van der Waals surface area contributed by atoms with Gasteiger partial charge in [-0.1, -0.05) is 0 Å². The lowest BCUT2D eigenvalue weighted by molar-refractivity contribution is 0.102. The molecular formula is C14H23NO2S. The van der Waals surface area contributed by atoms with Crippen LogP contribution in [0.1, 0.15) is 37.5 Å². The average molecular weight is 269 g/mol. The van der Waals surface area contributed by atoms with E-state index in [2.05, 4.69) is 11.2 Å². The SMILES string of the molecule is CSCCCN1CCCC1CC(O)c1ccco1. The number of aliphatic hydroxyl groups excluding tert-OH is 1. The summed E-state index contributed by atoms with van der Waals surface area (Å²) in [6.45, 7) is 2.35. The Bertz CT molecular complexity index is 329. The third-order valence-corrected chi connectivity index (χ3v) is 4.36. The zero-order chi connectivity index (χ0) is 12.8. The molecule has 0 aliphatic carbocycles. The molecule has 1 aromatic heterocycles. The molecule has 1 fully saturated rings. The number of furan rings is 1. The topological polar surface area (TPSA) is 36.6 Å². The number of thioether (sulfide) groups is 1. The van der Waals surface area contributed by atoms with Crippen LogP contribution in [-0.4, -0.2) is 41.1 Å². The highest BCUT2D eigenvalue weighted by molar-refractivity contribution is 7.98. The summed E-state index contributed by atoms with van der Waals surface area (Å²) in [5.74, 6) is 1.93. The van der Waals surface area contributed by atoms with Crippen LogP contribution < -0.4 is 0 Å². The fourth-order valence-electron chi connectivity index (χ4n) is 2.72. The molecule has 2 heterocycles. The van der Waals surface area contributed by atoms with Crippen molar-refractivity contribution < 1.29 is 9.52 Å². The first-order valence-electron chi connectivity index (χ1n) is 6.75. The molecule has 2 unspecified atom stereocenters. The van der Waals surface area contributed by atoms with Crippen molar-refractivity contribution in [3.05, 3.63) is 24.2 Å². The average Bonchev–Trinajstić information content (AvgIpc) is 3.01. The number of likely N-dealkylation sites (tertiary alicyclic amines) is 1. The van der Waals surface area contributed by atoms with Gasteiger partial charge in [0.05, 0.1) is 6.26 Å². The molecule has 4 heteroatoms. The molecule has 0 radical (unpaired) electrons. The van der Waals surface area contributed by atoms with Crippen molar-refractivity contribution in [3.8, 4) is 0 Å². The van der Waals surface area contributed by atoms with Crippen molar-refractivity contribution in [3.63, 3.8) is 0 Å². The second kappa shape index (κ2) is 7.22. The number of rotatable bonds is 7. The highest BCUT2D eigenvalue weighted by atomic mass is 32.2. The van der Waals surface area contributed by atoms with Gasteiger partial charge < -0.3 is 14.4 Å². The van der Waals surface area contributed by atoms with Crippen LogP contribution in [0.2, 0.25) is 0 Å². The summed E-state index contributed by atoms with van der Waals surface area (Å²) < 4.78 is 5.27. The number of nitrogens with zero attached hydrogens (tertiary/aromatic N) is 1. The van der Waals surface area contributed by atoms with E-state index < -0.39 is 6.10 Å². The normalized spacial score (nSPS) is 22.4. The monoisotopic (exact) mass is 269 g/mol. The molecule has 0 aromatic carbocycles. The molecule has 0 amide bonds. The molecule has 1 aliphatic heterocycles. The van der Waals surface area contributed by atoms with E-state index in [-0.39, 0.29) is 0 Å². The summed E-state index contributed by atoms with van der Waals surface area (Å²) in [7, 11) is 0. The van der Waals surface area contributed by atoms with Crippen molar-refractivity contribution in [1.82, 2.24) is 4.90 Å². The predicted molar refractivity (Wildman–Crippen MR) is 75.9 cm³/mol. The first-order valence-corrected chi connectivity index (χ1v) is 8.15. The van der Waals surface area contributed by atoms with Crippen LogP contribution >= 0.6 is 11.8 Å². The molecule has 2 rings (SSSR count). The number of hydrogen-bond donors (Lipinski definition) is 1. The maximum Gasteiger partial charge on any atom is 0.132 e. The molecule has 0 spiro atoms. The van der Waals surface area contributed by atoms with Crippen molar-refractivity contribution in [1.29, 1.82) is 0 Å². The molecule has 3 nitrogen and oxygen atoms in total. The second-order valence-corrected chi connectivity index (χ2v) is 5.93. The van der Waals surface area contributed by atoms with Gasteiger partial charge in [-0.05, 0) is 62.9 Å². The Hall–Kier alpha value is -0.450. The minimum Gasteiger partial charge on any atom is -0.467 e. The largest absolute Gasteiger partial charge is 0.467 e. The highest BCUT2D eigenvalue weighted by Crippen LogP contribution is 2.27. The lowest BCUT2D eigenvalue weighted by Gasteiger charge is -2.25. The van der Waals surface area contributed by atoms with Gasteiger partial charge in [0, 0.05) is 6.04 Å². The quantitative estimate of drug-likeness (QED) is 0.772. The maximum atomic E-state index is 10.1. The van der Waals surface area contributed by atoms with Crippen LogP contribution in [0, 0.1) is 0 Å². The van der Waals surface area contributed by atoms with Crippen LogP contribution in [0.15, 0.2) is 22.8 Å². The number of aliphatic hydroxyl groups is 1. The zero-order valence-corrected chi connectivity index (χ0v) is 11.9. The third-order valence-electron chi connectivity index (χ3n) is 3.66. The summed E-state index contributed by atoms with van der Waals surface area (Å²) >= 11 is 1.91. The number of hydrogen-bond acceptors (Lipinski definition) is 4.